The van der Waals surface area contributed by atoms with Gasteiger partial charge < -0.3 is 14.7 Å². The molecule has 2 rings (SSSR count). The van der Waals surface area contributed by atoms with Crippen LogP contribution in [0, 0.1) is 11.8 Å². The summed E-state index contributed by atoms with van der Waals surface area (Å²) >= 11 is 0. The van der Waals surface area contributed by atoms with Gasteiger partial charge in [-0.3, -0.25) is 9.59 Å². The molecular formula is C19H27NO4. The van der Waals surface area contributed by atoms with Crippen LogP contribution in [0.25, 0.3) is 0 Å². The number of likely N-dealkylation sites (tertiary alicyclic amines) is 1. The third-order valence-corrected chi connectivity index (χ3v) is 4.51. The van der Waals surface area contributed by atoms with Gasteiger partial charge in [0.15, 0.2) is 6.10 Å². The summed E-state index contributed by atoms with van der Waals surface area (Å²) in [5.74, 6) is -0.240. The molecule has 1 aromatic carbocycles. The number of carbonyl (C=O) groups excluding carboxylic acids is 1. The quantitative estimate of drug-likeness (QED) is 0.899. The zero-order valence-corrected chi connectivity index (χ0v) is 14.9. The molecule has 132 valence electrons. The van der Waals surface area contributed by atoms with E-state index < -0.39 is 18.0 Å². The molecule has 5 nitrogen and oxygen atoms in total. The van der Waals surface area contributed by atoms with E-state index in [2.05, 4.69) is 13.8 Å². The van der Waals surface area contributed by atoms with Crippen LogP contribution in [0.3, 0.4) is 0 Å². The number of hydrogen-bond acceptors (Lipinski definition) is 3. The van der Waals surface area contributed by atoms with Crippen LogP contribution in [0.2, 0.25) is 0 Å². The van der Waals surface area contributed by atoms with Gasteiger partial charge in [0.25, 0.3) is 5.91 Å². The van der Waals surface area contributed by atoms with Gasteiger partial charge in [-0.15, -0.1) is 0 Å². The van der Waals surface area contributed by atoms with Crippen LogP contribution in [0.15, 0.2) is 24.3 Å². The first-order chi connectivity index (χ1) is 11.3. The summed E-state index contributed by atoms with van der Waals surface area (Å²) in [5, 5.41) is 9.24. The van der Waals surface area contributed by atoms with E-state index in [0.717, 1.165) is 5.56 Å². The fourth-order valence-electron chi connectivity index (χ4n) is 3.17. The van der Waals surface area contributed by atoms with Gasteiger partial charge in [-0.1, -0.05) is 32.9 Å². The zero-order chi connectivity index (χ0) is 17.9. The third kappa shape index (κ3) is 4.49. The van der Waals surface area contributed by atoms with Gasteiger partial charge in [0.2, 0.25) is 0 Å². The lowest BCUT2D eigenvalue weighted by atomic mass is 9.90. The molecule has 1 aliphatic heterocycles. The number of aliphatic carboxylic acids is 1. The van der Waals surface area contributed by atoms with E-state index >= 15 is 0 Å². The first kappa shape index (κ1) is 18.3. The van der Waals surface area contributed by atoms with Gasteiger partial charge in [-0.05, 0) is 42.9 Å². The molecule has 0 aliphatic carbocycles. The van der Waals surface area contributed by atoms with Gasteiger partial charge in [0.1, 0.15) is 5.75 Å². The molecule has 0 spiro atoms. The summed E-state index contributed by atoms with van der Waals surface area (Å²) in [4.78, 5) is 25.5. The Bertz CT molecular complexity index is 599. The maximum Gasteiger partial charge on any atom is 0.308 e. The molecular weight excluding hydrogens is 306 g/mol. The van der Waals surface area contributed by atoms with E-state index in [9.17, 15) is 14.7 Å². The average Bonchev–Trinajstić information content (AvgIpc) is 2.53. The van der Waals surface area contributed by atoms with Crippen molar-refractivity contribution in [2.75, 3.05) is 13.1 Å². The highest BCUT2D eigenvalue weighted by atomic mass is 16.5. The van der Waals surface area contributed by atoms with Crippen molar-refractivity contribution >= 4 is 11.9 Å². The monoisotopic (exact) mass is 333 g/mol. The Labute approximate surface area is 143 Å². The number of hydrogen-bond donors (Lipinski definition) is 1. The summed E-state index contributed by atoms with van der Waals surface area (Å²) in [5.41, 5.74) is 1.16. The normalized spacial score (nSPS) is 22.3. The van der Waals surface area contributed by atoms with E-state index in [4.69, 9.17) is 4.74 Å². The molecule has 1 aromatic rings. The lowest BCUT2D eigenvalue weighted by molar-refractivity contribution is -0.149. The van der Waals surface area contributed by atoms with Crippen molar-refractivity contribution in [3.63, 3.8) is 0 Å². The number of amides is 1. The average molecular weight is 333 g/mol. The van der Waals surface area contributed by atoms with Gasteiger partial charge in [-0.2, -0.15) is 0 Å². The highest BCUT2D eigenvalue weighted by molar-refractivity contribution is 5.82. The first-order valence-electron chi connectivity index (χ1n) is 8.56. The molecule has 0 aromatic heterocycles. The highest BCUT2D eigenvalue weighted by Gasteiger charge is 2.34. The van der Waals surface area contributed by atoms with Crippen LogP contribution in [0.4, 0.5) is 0 Å². The molecule has 5 heteroatoms. The number of rotatable bonds is 5. The summed E-state index contributed by atoms with van der Waals surface area (Å²) in [6, 6.07) is 7.75. The Hall–Kier alpha value is -2.04. The number of carbonyl (C=O) groups is 2. The lowest BCUT2D eigenvalue weighted by Gasteiger charge is -2.36. The van der Waals surface area contributed by atoms with Crippen LogP contribution < -0.4 is 4.74 Å². The van der Waals surface area contributed by atoms with Crippen molar-refractivity contribution in [1.29, 1.82) is 0 Å². The summed E-state index contributed by atoms with van der Waals surface area (Å²) in [6.07, 6.45) is -0.0164. The van der Waals surface area contributed by atoms with Gasteiger partial charge >= 0.3 is 5.97 Å². The molecule has 3 atom stereocenters. The topological polar surface area (TPSA) is 66.8 Å². The van der Waals surface area contributed by atoms with Crippen LogP contribution in [-0.4, -0.2) is 41.1 Å². The van der Waals surface area contributed by atoms with E-state index in [-0.39, 0.29) is 18.4 Å². The smallest absolute Gasteiger partial charge is 0.308 e. The van der Waals surface area contributed by atoms with Crippen molar-refractivity contribution < 1.29 is 19.4 Å². The van der Waals surface area contributed by atoms with E-state index in [1.165, 1.54) is 0 Å². The summed E-state index contributed by atoms with van der Waals surface area (Å²) < 4.78 is 5.81. The minimum Gasteiger partial charge on any atom is -0.481 e. The fraction of sp³-hybridized carbons (Fsp3) is 0.579. The first-order valence-corrected chi connectivity index (χ1v) is 8.56. The molecule has 24 heavy (non-hydrogen) atoms. The van der Waals surface area contributed by atoms with Crippen molar-refractivity contribution in [2.24, 2.45) is 11.8 Å². The molecule has 0 bridgehead atoms. The predicted octanol–water partition coefficient (Wildman–Crippen LogP) is 3.15. The molecule has 1 fully saturated rings. The van der Waals surface area contributed by atoms with Crippen LogP contribution in [0.1, 0.15) is 45.6 Å². The maximum atomic E-state index is 12.6. The van der Waals surface area contributed by atoms with Gasteiger partial charge in [-0.25, -0.2) is 0 Å². The van der Waals surface area contributed by atoms with Crippen LogP contribution in [-0.2, 0) is 9.59 Å². The summed E-state index contributed by atoms with van der Waals surface area (Å²) in [6.45, 7) is 8.76. The van der Waals surface area contributed by atoms with Gasteiger partial charge in [0, 0.05) is 13.1 Å². The molecule has 1 saturated heterocycles. The molecule has 1 amide bonds. The number of carboxylic acids is 1. The fourth-order valence-corrected chi connectivity index (χ4v) is 3.17. The number of benzene rings is 1. The lowest BCUT2D eigenvalue weighted by Crippen LogP contribution is -2.49. The third-order valence-electron chi connectivity index (χ3n) is 4.51. The Morgan fingerprint density at radius 2 is 1.96 bits per heavy atom. The van der Waals surface area contributed by atoms with E-state index in [1.54, 1.807) is 11.8 Å². The molecule has 3 unspecified atom stereocenters. The van der Waals surface area contributed by atoms with Crippen molar-refractivity contribution in [1.82, 2.24) is 4.90 Å². The number of carboxylic acid groups (broad SMARTS) is 1. The Morgan fingerprint density at radius 3 is 2.58 bits per heavy atom. The Kier molecular flexibility index (Phi) is 5.86. The number of ether oxygens (including phenoxy) is 1. The zero-order valence-electron chi connectivity index (χ0n) is 14.9. The Balaban J connectivity index is 2.03. The highest BCUT2D eigenvalue weighted by Crippen LogP contribution is 2.24. The predicted molar refractivity (Wildman–Crippen MR) is 92.1 cm³/mol. The minimum absolute atomic E-state index is 0.150. The minimum atomic E-state index is -0.836. The summed E-state index contributed by atoms with van der Waals surface area (Å²) in [7, 11) is 0. The molecule has 1 heterocycles. The van der Waals surface area contributed by atoms with E-state index in [1.807, 2.05) is 31.2 Å². The molecule has 0 radical (unpaired) electrons. The maximum absolute atomic E-state index is 12.6. The second kappa shape index (κ2) is 7.69. The van der Waals surface area contributed by atoms with Crippen molar-refractivity contribution in [3.05, 3.63) is 29.8 Å². The van der Waals surface area contributed by atoms with Crippen molar-refractivity contribution in [2.45, 2.75) is 46.1 Å². The standard InChI is InChI=1S/C19H27NO4/c1-12(2)15-6-5-7-17(9-15)24-14(4)18(21)20-10-13(3)8-16(11-20)19(22)23/h5-7,9,12-14,16H,8,10-11H2,1-4H3,(H,22,23). The number of piperidine rings is 1. The largest absolute Gasteiger partial charge is 0.481 e. The second-order valence-electron chi connectivity index (χ2n) is 7.11. The van der Waals surface area contributed by atoms with Crippen molar-refractivity contribution in [3.8, 4) is 5.75 Å². The van der Waals surface area contributed by atoms with Crippen LogP contribution >= 0.6 is 0 Å². The molecule has 1 aliphatic rings. The second-order valence-corrected chi connectivity index (χ2v) is 7.11. The SMILES string of the molecule is CC1CC(C(=O)O)CN(C(=O)C(C)Oc2cccc(C(C)C)c2)C1. The van der Waals surface area contributed by atoms with Gasteiger partial charge in [0.05, 0.1) is 5.92 Å². The van der Waals surface area contributed by atoms with Crippen LogP contribution in [0.5, 0.6) is 5.75 Å². The molecule has 1 N–H and O–H groups in total. The number of nitrogens with zero attached hydrogens (tertiary/aromatic N) is 1. The van der Waals surface area contributed by atoms with E-state index in [0.29, 0.717) is 24.6 Å². The molecule has 0 saturated carbocycles. The Morgan fingerprint density at radius 1 is 1.25 bits per heavy atom.